The van der Waals surface area contributed by atoms with Crippen LogP contribution in [0.25, 0.3) is 88.4 Å². The third kappa shape index (κ3) is 3.96. The van der Waals surface area contributed by atoms with Gasteiger partial charge in [-0.15, -0.1) is 0 Å². The molecule has 0 aliphatic rings. The van der Waals surface area contributed by atoms with Crippen molar-refractivity contribution < 1.29 is 22.5 Å². The van der Waals surface area contributed by atoms with Gasteiger partial charge in [-0.2, -0.15) is 0 Å². The van der Waals surface area contributed by atoms with E-state index < -0.39 is 60.4 Å². The molecule has 0 aliphatic carbocycles. The van der Waals surface area contributed by atoms with Gasteiger partial charge in [0.15, 0.2) is 0 Å². The molecule has 2 heteroatoms. The van der Waals surface area contributed by atoms with E-state index in [-0.39, 0.29) is 11.1 Å². The summed E-state index contributed by atoms with van der Waals surface area (Å²) in [4.78, 5) is 0. The first-order chi connectivity index (χ1) is 25.9. The summed E-state index contributed by atoms with van der Waals surface area (Å²) in [6.45, 7) is 0. The van der Waals surface area contributed by atoms with Crippen LogP contribution in [0.3, 0.4) is 0 Å². The second-order valence-electron chi connectivity index (χ2n) is 10.6. The van der Waals surface area contributed by atoms with Crippen molar-refractivity contribution in [2.45, 2.75) is 0 Å². The Morgan fingerprint density at radius 2 is 0.818 bits per heavy atom. The van der Waals surface area contributed by atoms with Crippen LogP contribution in [0.15, 0.2) is 166 Å². The number of para-hydroxylation sites is 2. The van der Waals surface area contributed by atoms with Crippen LogP contribution in [0.4, 0.5) is 0 Å². The molecule has 2 aromatic heterocycles. The van der Waals surface area contributed by atoms with Gasteiger partial charge in [-0.1, -0.05) is 121 Å². The van der Waals surface area contributed by atoms with E-state index in [9.17, 15) is 0 Å². The fraction of sp³-hybridized carbons (Fsp3) is 0. The van der Waals surface area contributed by atoms with Gasteiger partial charge in [0.25, 0.3) is 0 Å². The third-order valence-electron chi connectivity index (χ3n) is 8.04. The molecule has 0 amide bonds. The average molecular weight is 573 g/mol. The van der Waals surface area contributed by atoms with Crippen LogP contribution in [-0.4, -0.2) is 0 Å². The summed E-state index contributed by atoms with van der Waals surface area (Å²) < 4.78 is 99.8. The second-order valence-corrected chi connectivity index (χ2v) is 10.6. The Kier molecular flexibility index (Phi) is 3.74. The Morgan fingerprint density at radius 1 is 0.386 bits per heavy atom. The molecule has 44 heavy (non-hydrogen) atoms. The standard InChI is InChI=1S/C42H26O2/c1-3-11-27(12-4-1)41-33-21-19-32(40-26-30-16-8-10-18-38(30)44-40)24-36(33)42(28-13-5-2-6-14-28)34-22-20-31(23-35(34)41)39-25-29-15-7-9-17-37(29)43-39/h1-26H/i1D,2D,3D,4D,5D,6D,11D,12D,13D,14D. The van der Waals surface area contributed by atoms with Crippen molar-refractivity contribution in [1.82, 2.24) is 0 Å². The first-order valence-corrected chi connectivity index (χ1v) is 14.1. The van der Waals surface area contributed by atoms with Crippen LogP contribution in [0.5, 0.6) is 0 Å². The first kappa shape index (κ1) is 16.7. The molecule has 0 saturated carbocycles. The minimum atomic E-state index is -0.534. The molecule has 7 aromatic carbocycles. The molecule has 9 rings (SSSR count). The van der Waals surface area contributed by atoms with Gasteiger partial charge in [0, 0.05) is 21.9 Å². The molecule has 0 fully saturated rings. The number of rotatable bonds is 4. The summed E-state index contributed by atoms with van der Waals surface area (Å²) >= 11 is 0. The topological polar surface area (TPSA) is 26.3 Å². The van der Waals surface area contributed by atoms with E-state index in [1.54, 1.807) is 36.4 Å². The Morgan fingerprint density at radius 3 is 1.25 bits per heavy atom. The maximum Gasteiger partial charge on any atom is 0.135 e. The predicted molar refractivity (Wildman–Crippen MR) is 183 cm³/mol. The summed E-state index contributed by atoms with van der Waals surface area (Å²) in [5.41, 5.74) is 3.13. The van der Waals surface area contributed by atoms with Crippen molar-refractivity contribution in [2.75, 3.05) is 0 Å². The Hall–Kier alpha value is -5.86. The fourth-order valence-electron chi connectivity index (χ4n) is 6.07. The van der Waals surface area contributed by atoms with Crippen molar-refractivity contribution in [2.24, 2.45) is 0 Å². The Balaban J connectivity index is 1.49. The highest BCUT2D eigenvalue weighted by Crippen LogP contribution is 2.46. The van der Waals surface area contributed by atoms with Gasteiger partial charge in [0.2, 0.25) is 0 Å². The molecule has 0 unspecified atom stereocenters. The molecule has 0 spiro atoms. The zero-order valence-corrected chi connectivity index (χ0v) is 23.1. The molecule has 0 N–H and O–H groups in total. The molecule has 0 radical (unpaired) electrons. The van der Waals surface area contributed by atoms with Crippen LogP contribution < -0.4 is 0 Å². The van der Waals surface area contributed by atoms with E-state index in [2.05, 4.69) is 0 Å². The minimum Gasteiger partial charge on any atom is -0.456 e. The SMILES string of the molecule is [2H]c1c([2H])c([2H])c(-c2c3ccc(-c4cc5ccccc5o4)cc3c(-c3c([2H])c([2H])c([2H])c([2H])c3[2H])c3ccc(-c4cc5ccccc5o4)cc23)c([2H])c1[2H]. The van der Waals surface area contributed by atoms with E-state index in [4.69, 9.17) is 22.5 Å². The number of furan rings is 2. The number of fused-ring (bicyclic) bond motifs is 4. The van der Waals surface area contributed by atoms with Crippen molar-refractivity contribution in [3.8, 4) is 44.9 Å². The molecule has 2 heterocycles. The zero-order chi connectivity index (χ0) is 37.7. The monoisotopic (exact) mass is 572 g/mol. The van der Waals surface area contributed by atoms with Crippen molar-refractivity contribution in [3.63, 3.8) is 0 Å². The lowest BCUT2D eigenvalue weighted by molar-refractivity contribution is 0.631. The largest absolute Gasteiger partial charge is 0.456 e. The molecular weight excluding hydrogens is 536 g/mol. The van der Waals surface area contributed by atoms with Crippen LogP contribution in [0.1, 0.15) is 13.7 Å². The molecule has 0 bridgehead atoms. The van der Waals surface area contributed by atoms with E-state index in [1.807, 2.05) is 60.7 Å². The fourth-order valence-corrected chi connectivity index (χ4v) is 6.07. The molecule has 9 aromatic rings. The maximum absolute atomic E-state index is 9.08. The van der Waals surface area contributed by atoms with Gasteiger partial charge < -0.3 is 8.83 Å². The molecular formula is C42H26O2. The lowest BCUT2D eigenvalue weighted by Crippen LogP contribution is -1.92. The molecule has 2 nitrogen and oxygen atoms in total. The summed E-state index contributed by atoms with van der Waals surface area (Å²) in [6.07, 6.45) is 0. The van der Waals surface area contributed by atoms with Gasteiger partial charge in [-0.3, -0.25) is 0 Å². The van der Waals surface area contributed by atoms with E-state index >= 15 is 0 Å². The smallest absolute Gasteiger partial charge is 0.135 e. The summed E-state index contributed by atoms with van der Waals surface area (Å²) in [6, 6.07) is 24.9. The Labute approximate surface area is 268 Å². The highest BCUT2D eigenvalue weighted by atomic mass is 16.3. The lowest BCUT2D eigenvalue weighted by atomic mass is 9.84. The number of benzene rings is 7. The average Bonchev–Trinajstić information content (AvgIpc) is 3.83. The van der Waals surface area contributed by atoms with Gasteiger partial charge in [-0.05, 0) is 80.2 Å². The van der Waals surface area contributed by atoms with Crippen molar-refractivity contribution in [3.05, 3.63) is 157 Å². The van der Waals surface area contributed by atoms with Crippen LogP contribution in [0.2, 0.25) is 0 Å². The van der Waals surface area contributed by atoms with Crippen molar-refractivity contribution >= 4 is 43.5 Å². The lowest BCUT2D eigenvalue weighted by Gasteiger charge is -2.19. The zero-order valence-electron chi connectivity index (χ0n) is 33.1. The highest BCUT2D eigenvalue weighted by molar-refractivity contribution is 6.22. The molecule has 206 valence electrons. The quantitative estimate of drug-likeness (QED) is 0.196. The van der Waals surface area contributed by atoms with Crippen LogP contribution in [0, 0.1) is 0 Å². The van der Waals surface area contributed by atoms with Crippen LogP contribution in [-0.2, 0) is 0 Å². The summed E-state index contributed by atoms with van der Waals surface area (Å²) in [7, 11) is 0. The van der Waals surface area contributed by atoms with Gasteiger partial charge in [0.1, 0.15) is 22.7 Å². The van der Waals surface area contributed by atoms with Gasteiger partial charge in [0.05, 0.1) is 13.7 Å². The van der Waals surface area contributed by atoms with E-state index in [0.717, 1.165) is 10.8 Å². The number of hydrogen-bond acceptors (Lipinski definition) is 2. The minimum absolute atomic E-state index is 0.0399. The maximum atomic E-state index is 9.08. The normalized spacial score (nSPS) is 14.8. The second kappa shape index (κ2) is 9.86. The highest BCUT2D eigenvalue weighted by Gasteiger charge is 2.19. The number of hydrogen-bond donors (Lipinski definition) is 0. The molecule has 0 atom stereocenters. The van der Waals surface area contributed by atoms with Crippen molar-refractivity contribution in [1.29, 1.82) is 0 Å². The molecule has 0 saturated heterocycles. The Bertz CT molecular complexity index is 2740. The summed E-state index contributed by atoms with van der Waals surface area (Å²) in [5.74, 6) is 1.05. The first-order valence-electron chi connectivity index (χ1n) is 19.1. The third-order valence-corrected chi connectivity index (χ3v) is 8.04. The molecule has 0 aliphatic heterocycles. The van der Waals surface area contributed by atoms with E-state index in [0.29, 0.717) is 66.5 Å². The summed E-state index contributed by atoms with van der Waals surface area (Å²) in [5, 5.41) is 3.47. The predicted octanol–water partition coefficient (Wildman–Crippen LogP) is 12.2. The van der Waals surface area contributed by atoms with Gasteiger partial charge in [-0.25, -0.2) is 0 Å². The van der Waals surface area contributed by atoms with Crippen LogP contribution >= 0.6 is 0 Å². The van der Waals surface area contributed by atoms with Gasteiger partial charge >= 0.3 is 0 Å². The van der Waals surface area contributed by atoms with E-state index in [1.165, 1.54) is 0 Å².